The molecule has 0 radical (unpaired) electrons. The smallest absolute Gasteiger partial charge is 0.335 e. The lowest BCUT2D eigenvalue weighted by Crippen LogP contribution is -2.37. The van der Waals surface area contributed by atoms with Crippen molar-refractivity contribution in [3.8, 4) is 0 Å². The average molecular weight is 172 g/mol. The Hall–Kier alpha value is -0.870. The van der Waals surface area contributed by atoms with Gasteiger partial charge in [0, 0.05) is 0 Å². The third kappa shape index (κ3) is 2.32. The highest BCUT2D eigenvalue weighted by atomic mass is 16.6. The van der Waals surface area contributed by atoms with Crippen LogP contribution < -0.4 is 0 Å². The third-order valence-electron chi connectivity index (χ3n) is 1.66. The second kappa shape index (κ2) is 4.23. The van der Waals surface area contributed by atoms with Gasteiger partial charge < -0.3 is 14.6 Å². The van der Waals surface area contributed by atoms with Gasteiger partial charge >= 0.3 is 5.97 Å². The molecule has 0 saturated carbocycles. The largest absolute Gasteiger partial charge is 0.479 e. The monoisotopic (exact) mass is 172 g/mol. The first-order chi connectivity index (χ1) is 5.72. The summed E-state index contributed by atoms with van der Waals surface area (Å²) >= 11 is 0. The lowest BCUT2D eigenvalue weighted by molar-refractivity contribution is -0.159. The summed E-state index contributed by atoms with van der Waals surface area (Å²) in [6.07, 6.45) is 2.32. The summed E-state index contributed by atoms with van der Waals surface area (Å²) in [6.45, 7) is 2.48. The summed E-state index contributed by atoms with van der Waals surface area (Å²) in [7, 11) is 0. The predicted octanol–water partition coefficient (Wildman–Crippen LogP) is 0.431. The molecule has 0 fully saturated rings. The molecule has 0 aromatic rings. The van der Waals surface area contributed by atoms with Crippen LogP contribution in [0.3, 0.4) is 0 Å². The maximum absolute atomic E-state index is 10.6. The van der Waals surface area contributed by atoms with Crippen LogP contribution in [0.5, 0.6) is 0 Å². The van der Waals surface area contributed by atoms with E-state index in [9.17, 15) is 4.79 Å². The van der Waals surface area contributed by atoms with Crippen LogP contribution in [-0.4, -0.2) is 36.5 Å². The molecule has 2 atom stereocenters. The Morgan fingerprint density at radius 3 is 2.58 bits per heavy atom. The molecule has 2 unspecified atom stereocenters. The number of carboxylic acid groups (broad SMARTS) is 1. The van der Waals surface area contributed by atoms with Gasteiger partial charge in [0.2, 0.25) is 0 Å². The predicted molar refractivity (Wildman–Crippen MR) is 41.9 cm³/mol. The Morgan fingerprint density at radius 2 is 2.00 bits per heavy atom. The standard InChI is InChI=1S/C8H12O4/c1-6-7(8(9)10)12-5-3-2-4-11-6/h2-3,6-7H,4-5H2,1H3,(H,9,10). The maximum Gasteiger partial charge on any atom is 0.335 e. The lowest BCUT2D eigenvalue weighted by atomic mass is 10.2. The van der Waals surface area contributed by atoms with Crippen molar-refractivity contribution in [1.82, 2.24) is 0 Å². The quantitative estimate of drug-likeness (QED) is 0.583. The fraction of sp³-hybridized carbons (Fsp3) is 0.625. The second-order valence-electron chi connectivity index (χ2n) is 2.60. The molecule has 4 heteroatoms. The van der Waals surface area contributed by atoms with Gasteiger partial charge in [-0.15, -0.1) is 0 Å². The molecule has 0 bridgehead atoms. The van der Waals surface area contributed by atoms with E-state index >= 15 is 0 Å². The van der Waals surface area contributed by atoms with E-state index < -0.39 is 18.2 Å². The molecule has 0 amide bonds. The summed E-state index contributed by atoms with van der Waals surface area (Å²) in [5, 5.41) is 8.70. The zero-order chi connectivity index (χ0) is 8.97. The van der Waals surface area contributed by atoms with E-state index in [-0.39, 0.29) is 0 Å². The summed E-state index contributed by atoms with van der Waals surface area (Å²) < 4.78 is 10.2. The topological polar surface area (TPSA) is 55.8 Å². The highest BCUT2D eigenvalue weighted by molar-refractivity contribution is 5.73. The number of aliphatic carboxylic acids is 1. The Labute approximate surface area is 70.8 Å². The summed E-state index contributed by atoms with van der Waals surface area (Å²) in [5.41, 5.74) is 0. The molecule has 4 nitrogen and oxygen atoms in total. The first-order valence-corrected chi connectivity index (χ1v) is 3.83. The van der Waals surface area contributed by atoms with Crippen molar-refractivity contribution in [1.29, 1.82) is 0 Å². The minimum atomic E-state index is -0.974. The highest BCUT2D eigenvalue weighted by Crippen LogP contribution is 2.06. The number of ether oxygens (including phenoxy) is 2. The van der Waals surface area contributed by atoms with Gasteiger partial charge in [0.25, 0.3) is 0 Å². The van der Waals surface area contributed by atoms with Crippen LogP contribution >= 0.6 is 0 Å². The van der Waals surface area contributed by atoms with Crippen LogP contribution in [0.15, 0.2) is 12.2 Å². The van der Waals surface area contributed by atoms with Crippen molar-refractivity contribution in [2.24, 2.45) is 0 Å². The first kappa shape index (κ1) is 9.22. The molecule has 0 aromatic carbocycles. The summed E-state index contributed by atoms with van der Waals surface area (Å²) in [5.74, 6) is -0.974. The molecule has 1 aliphatic heterocycles. The average Bonchev–Trinajstić information content (AvgIpc) is 1.96. The normalized spacial score (nSPS) is 30.8. The van der Waals surface area contributed by atoms with Gasteiger partial charge in [0.15, 0.2) is 6.10 Å². The third-order valence-corrected chi connectivity index (χ3v) is 1.66. The van der Waals surface area contributed by atoms with Crippen molar-refractivity contribution < 1.29 is 19.4 Å². The van der Waals surface area contributed by atoms with Gasteiger partial charge in [-0.05, 0) is 6.92 Å². The molecule has 1 heterocycles. The minimum Gasteiger partial charge on any atom is -0.479 e. The molecule has 1 N–H and O–H groups in total. The van der Waals surface area contributed by atoms with E-state index in [1.54, 1.807) is 13.0 Å². The van der Waals surface area contributed by atoms with Gasteiger partial charge in [-0.25, -0.2) is 4.79 Å². The minimum absolute atomic E-state index is 0.338. The SMILES string of the molecule is CC1OCC=CCOC1C(=O)O. The first-order valence-electron chi connectivity index (χ1n) is 3.83. The highest BCUT2D eigenvalue weighted by Gasteiger charge is 2.26. The van der Waals surface area contributed by atoms with E-state index in [1.807, 2.05) is 6.08 Å². The fourth-order valence-electron chi connectivity index (χ4n) is 0.998. The van der Waals surface area contributed by atoms with E-state index in [4.69, 9.17) is 14.6 Å². The van der Waals surface area contributed by atoms with Gasteiger partial charge in [-0.3, -0.25) is 0 Å². The Morgan fingerprint density at radius 1 is 1.42 bits per heavy atom. The van der Waals surface area contributed by atoms with E-state index in [0.717, 1.165) is 0 Å². The zero-order valence-electron chi connectivity index (χ0n) is 6.90. The number of carboxylic acids is 1. The molecule has 68 valence electrons. The zero-order valence-corrected chi connectivity index (χ0v) is 6.90. The lowest BCUT2D eigenvalue weighted by Gasteiger charge is -2.21. The summed E-state index contributed by atoms with van der Waals surface area (Å²) in [4.78, 5) is 10.6. The maximum atomic E-state index is 10.6. The molecule has 0 saturated heterocycles. The van der Waals surface area contributed by atoms with Gasteiger partial charge in [-0.2, -0.15) is 0 Å². The molecule has 0 aliphatic carbocycles. The molecule has 1 rings (SSSR count). The van der Waals surface area contributed by atoms with Crippen molar-refractivity contribution in [3.63, 3.8) is 0 Å². The van der Waals surface area contributed by atoms with Crippen LogP contribution in [0.25, 0.3) is 0 Å². The molecule has 1 aliphatic rings. The van der Waals surface area contributed by atoms with Gasteiger partial charge in [-0.1, -0.05) is 12.2 Å². The fourth-order valence-corrected chi connectivity index (χ4v) is 0.998. The Bertz CT molecular complexity index is 187. The molecular formula is C8H12O4. The Balaban J connectivity index is 2.58. The van der Waals surface area contributed by atoms with Crippen LogP contribution in [0.2, 0.25) is 0 Å². The van der Waals surface area contributed by atoms with Crippen molar-refractivity contribution >= 4 is 5.97 Å². The number of carbonyl (C=O) groups is 1. The van der Waals surface area contributed by atoms with Gasteiger partial charge in [0.1, 0.15) is 0 Å². The van der Waals surface area contributed by atoms with Crippen LogP contribution in [0.4, 0.5) is 0 Å². The molecule has 0 aromatic heterocycles. The van der Waals surface area contributed by atoms with E-state index in [1.165, 1.54) is 0 Å². The van der Waals surface area contributed by atoms with E-state index in [0.29, 0.717) is 13.2 Å². The number of hydrogen-bond acceptors (Lipinski definition) is 3. The van der Waals surface area contributed by atoms with Crippen molar-refractivity contribution in [2.75, 3.05) is 13.2 Å². The van der Waals surface area contributed by atoms with Crippen LogP contribution in [-0.2, 0) is 14.3 Å². The van der Waals surface area contributed by atoms with Crippen molar-refractivity contribution in [2.45, 2.75) is 19.1 Å². The summed E-state index contributed by atoms with van der Waals surface area (Å²) in [6, 6.07) is 0. The number of rotatable bonds is 1. The Kier molecular flexibility index (Phi) is 3.25. The van der Waals surface area contributed by atoms with Crippen molar-refractivity contribution in [3.05, 3.63) is 12.2 Å². The molecular weight excluding hydrogens is 160 g/mol. The second-order valence-corrected chi connectivity index (χ2v) is 2.60. The molecule has 12 heavy (non-hydrogen) atoms. The van der Waals surface area contributed by atoms with Gasteiger partial charge in [0.05, 0.1) is 19.3 Å². The van der Waals surface area contributed by atoms with Crippen LogP contribution in [0.1, 0.15) is 6.92 Å². The number of hydrogen-bond donors (Lipinski definition) is 1. The molecule has 0 spiro atoms. The van der Waals surface area contributed by atoms with E-state index in [2.05, 4.69) is 0 Å². The van der Waals surface area contributed by atoms with Crippen LogP contribution in [0, 0.1) is 0 Å².